The van der Waals surface area contributed by atoms with Gasteiger partial charge in [0, 0.05) is 24.2 Å². The third-order valence-corrected chi connectivity index (χ3v) is 7.68. The fourth-order valence-electron chi connectivity index (χ4n) is 5.74. The second kappa shape index (κ2) is 9.23. The summed E-state index contributed by atoms with van der Waals surface area (Å²) in [6.07, 6.45) is 10.4. The van der Waals surface area contributed by atoms with Crippen LogP contribution in [0.3, 0.4) is 0 Å². The van der Waals surface area contributed by atoms with Crippen molar-refractivity contribution in [1.29, 1.82) is 0 Å². The number of rotatable bonds is 6. The van der Waals surface area contributed by atoms with Gasteiger partial charge in [-0.3, -0.25) is 4.99 Å². The van der Waals surface area contributed by atoms with Crippen molar-refractivity contribution in [2.45, 2.75) is 76.9 Å². The SMILES string of the molecule is [B]C(O)(O)Cc1nc(NC2CCC3(CCC3)CC2)nn2cc(F)c(-c3cc(C)c(N=CC)c(F)c3)c12. The number of aliphatic hydroxyl groups is 2. The minimum atomic E-state index is -2.58. The lowest BCUT2D eigenvalue weighted by atomic mass is 9.60. The second-order valence-electron chi connectivity index (χ2n) is 10.4. The summed E-state index contributed by atoms with van der Waals surface area (Å²) in [4.78, 5) is 8.56. The number of halogens is 2. The molecule has 2 fully saturated rings. The molecule has 0 saturated heterocycles. The highest BCUT2D eigenvalue weighted by molar-refractivity contribution is 6.13. The Morgan fingerprint density at radius 3 is 2.53 bits per heavy atom. The van der Waals surface area contributed by atoms with E-state index >= 15 is 4.39 Å². The van der Waals surface area contributed by atoms with Gasteiger partial charge in [-0.1, -0.05) is 6.42 Å². The van der Waals surface area contributed by atoms with Gasteiger partial charge in [-0.25, -0.2) is 18.3 Å². The Labute approximate surface area is 210 Å². The molecule has 2 radical (unpaired) electrons. The Hall–Kier alpha value is -2.85. The van der Waals surface area contributed by atoms with E-state index < -0.39 is 23.7 Å². The number of aryl methyl sites for hydroxylation is 1. The van der Waals surface area contributed by atoms with Gasteiger partial charge in [0.2, 0.25) is 5.95 Å². The van der Waals surface area contributed by atoms with Gasteiger partial charge < -0.3 is 15.5 Å². The molecule has 0 aliphatic heterocycles. The van der Waals surface area contributed by atoms with Crippen molar-refractivity contribution in [3.63, 3.8) is 0 Å². The fourth-order valence-corrected chi connectivity index (χ4v) is 5.74. The quantitative estimate of drug-likeness (QED) is 0.266. The van der Waals surface area contributed by atoms with Crippen molar-refractivity contribution in [2.24, 2.45) is 10.4 Å². The maximum atomic E-state index is 15.3. The molecule has 2 aliphatic carbocycles. The normalized spacial score (nSPS) is 18.3. The van der Waals surface area contributed by atoms with Crippen LogP contribution in [0, 0.1) is 24.0 Å². The Morgan fingerprint density at radius 2 is 1.94 bits per heavy atom. The maximum Gasteiger partial charge on any atom is 0.241 e. The molecule has 1 spiro atoms. The minimum absolute atomic E-state index is 0.0550. The largest absolute Gasteiger partial charge is 0.375 e. The van der Waals surface area contributed by atoms with Crippen molar-refractivity contribution >= 4 is 31.2 Å². The molecule has 0 bridgehead atoms. The number of aromatic nitrogens is 3. The van der Waals surface area contributed by atoms with Gasteiger partial charge in [0.1, 0.15) is 17.2 Å². The first kappa shape index (κ1) is 24.8. The lowest BCUT2D eigenvalue weighted by molar-refractivity contribution is -0.0837. The lowest BCUT2D eigenvalue weighted by Crippen LogP contribution is -2.38. The second-order valence-corrected chi connectivity index (χ2v) is 10.4. The molecule has 5 rings (SSSR count). The Morgan fingerprint density at radius 1 is 1.22 bits per heavy atom. The van der Waals surface area contributed by atoms with Gasteiger partial charge in [0.25, 0.3) is 0 Å². The standard InChI is InChI=1S/C26H30BF2N5O2/c1-3-30-22-15(2)11-16(12-18(22)28)21-19(29)14-34-23(21)20(13-26(27,35)36)32-24(33-34)31-17-5-9-25(10-6-17)7-4-8-25/h3,11-12,14,17,35-36H,4-10,13H2,1-2H3,(H,31,33). The van der Waals surface area contributed by atoms with Crippen LogP contribution in [0.4, 0.5) is 20.4 Å². The molecule has 2 aliphatic rings. The van der Waals surface area contributed by atoms with Crippen LogP contribution < -0.4 is 5.32 Å². The lowest BCUT2D eigenvalue weighted by Gasteiger charge is -2.47. The number of benzene rings is 1. The van der Waals surface area contributed by atoms with Gasteiger partial charge in [0.15, 0.2) is 13.7 Å². The topological polar surface area (TPSA) is 95.0 Å². The first-order chi connectivity index (χ1) is 17.1. The van der Waals surface area contributed by atoms with E-state index in [1.54, 1.807) is 19.9 Å². The molecule has 2 heterocycles. The molecule has 2 aromatic heterocycles. The highest BCUT2D eigenvalue weighted by Gasteiger charge is 2.40. The van der Waals surface area contributed by atoms with Crippen LogP contribution >= 0.6 is 0 Å². The molecule has 1 aromatic carbocycles. The summed E-state index contributed by atoms with van der Waals surface area (Å²) < 4.78 is 31.4. The van der Waals surface area contributed by atoms with Gasteiger partial charge in [-0.15, -0.1) is 5.10 Å². The summed E-state index contributed by atoms with van der Waals surface area (Å²) in [7, 11) is 5.49. The molecule has 0 atom stereocenters. The van der Waals surface area contributed by atoms with Gasteiger partial charge >= 0.3 is 0 Å². The number of nitrogens with zero attached hydrogens (tertiary/aromatic N) is 4. The predicted octanol–water partition coefficient (Wildman–Crippen LogP) is 4.58. The predicted molar refractivity (Wildman–Crippen MR) is 136 cm³/mol. The van der Waals surface area contributed by atoms with Gasteiger partial charge in [0.05, 0.1) is 17.4 Å². The van der Waals surface area contributed by atoms with Crippen LogP contribution in [0.1, 0.15) is 63.1 Å². The van der Waals surface area contributed by atoms with E-state index in [0.717, 1.165) is 25.7 Å². The first-order valence-electron chi connectivity index (χ1n) is 12.4. The van der Waals surface area contributed by atoms with Crippen LogP contribution in [0.2, 0.25) is 0 Å². The van der Waals surface area contributed by atoms with Crippen molar-refractivity contribution in [3.8, 4) is 11.1 Å². The van der Waals surface area contributed by atoms with Crippen molar-refractivity contribution in [1.82, 2.24) is 14.6 Å². The van der Waals surface area contributed by atoms with Crippen molar-refractivity contribution in [3.05, 3.63) is 41.2 Å². The molecular weight excluding hydrogens is 463 g/mol. The number of nitrogens with one attached hydrogen (secondary N) is 1. The molecule has 2 saturated carbocycles. The highest BCUT2D eigenvalue weighted by atomic mass is 19.1. The van der Waals surface area contributed by atoms with Crippen LogP contribution in [0.25, 0.3) is 16.6 Å². The highest BCUT2D eigenvalue weighted by Crippen LogP contribution is 2.51. The van der Waals surface area contributed by atoms with E-state index in [9.17, 15) is 14.6 Å². The number of anilines is 1. The number of hydrogen-bond acceptors (Lipinski definition) is 6. The molecule has 3 aromatic rings. The van der Waals surface area contributed by atoms with Gasteiger partial charge in [-0.2, -0.15) is 0 Å². The molecule has 7 nitrogen and oxygen atoms in total. The monoisotopic (exact) mass is 493 g/mol. The Balaban J connectivity index is 1.55. The van der Waals surface area contributed by atoms with E-state index in [2.05, 4.69) is 20.4 Å². The van der Waals surface area contributed by atoms with E-state index in [0.29, 0.717) is 11.0 Å². The smallest absolute Gasteiger partial charge is 0.241 e. The third-order valence-electron chi connectivity index (χ3n) is 7.68. The number of aliphatic imine (C=N–C) groups is 1. The molecule has 10 heteroatoms. The van der Waals surface area contributed by atoms with Gasteiger partial charge in [-0.05, 0) is 81.0 Å². The average molecular weight is 493 g/mol. The number of hydrogen-bond donors (Lipinski definition) is 3. The summed E-state index contributed by atoms with van der Waals surface area (Å²) in [6.45, 7) is 3.37. The van der Waals surface area contributed by atoms with Crippen LogP contribution in [0.15, 0.2) is 23.3 Å². The summed E-state index contributed by atoms with van der Waals surface area (Å²) in [5.41, 5.74) is -0.714. The molecule has 36 heavy (non-hydrogen) atoms. The summed E-state index contributed by atoms with van der Waals surface area (Å²) in [6, 6.07) is 3.01. The fraction of sp³-hybridized carbons (Fsp3) is 0.500. The Bertz CT molecular complexity index is 1300. The molecule has 188 valence electrons. The summed E-state index contributed by atoms with van der Waals surface area (Å²) >= 11 is 0. The van der Waals surface area contributed by atoms with E-state index in [1.165, 1.54) is 42.3 Å². The zero-order chi connectivity index (χ0) is 25.7. The van der Waals surface area contributed by atoms with E-state index in [4.69, 9.17) is 7.85 Å². The maximum absolute atomic E-state index is 15.3. The molecule has 0 unspecified atom stereocenters. The first-order valence-corrected chi connectivity index (χ1v) is 12.4. The molecule has 0 amide bonds. The zero-order valence-corrected chi connectivity index (χ0v) is 20.6. The van der Waals surface area contributed by atoms with E-state index in [-0.39, 0.29) is 40.0 Å². The number of fused-ring (bicyclic) bond motifs is 1. The van der Waals surface area contributed by atoms with Crippen LogP contribution in [-0.4, -0.2) is 50.6 Å². The summed E-state index contributed by atoms with van der Waals surface area (Å²) in [5.74, 6) is -0.981. The van der Waals surface area contributed by atoms with Crippen LogP contribution in [0.5, 0.6) is 0 Å². The minimum Gasteiger partial charge on any atom is -0.375 e. The molecule has 3 N–H and O–H groups in total. The Kier molecular flexibility index (Phi) is 6.37. The zero-order valence-electron chi connectivity index (χ0n) is 20.6. The van der Waals surface area contributed by atoms with Crippen molar-refractivity contribution < 1.29 is 19.0 Å². The molecular formula is C26H30BF2N5O2. The third kappa shape index (κ3) is 4.76. The summed E-state index contributed by atoms with van der Waals surface area (Å²) in [5, 5.41) is 27.7. The average Bonchev–Trinajstić information content (AvgIpc) is 3.10. The van der Waals surface area contributed by atoms with Crippen molar-refractivity contribution in [2.75, 3.05) is 5.32 Å². The van der Waals surface area contributed by atoms with Crippen LogP contribution in [-0.2, 0) is 6.42 Å². The van der Waals surface area contributed by atoms with E-state index in [1.807, 2.05) is 0 Å².